The number of rotatable bonds is 4. The topological polar surface area (TPSA) is 59.9 Å². The predicted molar refractivity (Wildman–Crippen MR) is 116 cm³/mol. The molecule has 0 saturated carbocycles. The van der Waals surface area contributed by atoms with Crippen LogP contribution in [0, 0.1) is 0 Å². The Hall–Kier alpha value is -2.31. The molecule has 0 spiro atoms. The number of hydrogen-bond donors (Lipinski definition) is 1. The van der Waals surface area contributed by atoms with E-state index in [0.717, 1.165) is 12.1 Å². The highest BCUT2D eigenvalue weighted by atomic mass is 32.1. The van der Waals surface area contributed by atoms with Gasteiger partial charge in [0.15, 0.2) is 0 Å². The van der Waals surface area contributed by atoms with Gasteiger partial charge in [0.25, 0.3) is 5.92 Å². The molecular weight excluding hydrogens is 479 g/mol. The highest BCUT2D eigenvalue weighted by Gasteiger charge is 2.37. The molecule has 186 valence electrons. The van der Waals surface area contributed by atoms with E-state index < -0.39 is 17.7 Å². The van der Waals surface area contributed by atoms with E-state index in [4.69, 9.17) is 0 Å². The van der Waals surface area contributed by atoms with Gasteiger partial charge in [0.05, 0.1) is 22.7 Å². The quantitative estimate of drug-likeness (QED) is 0.632. The number of likely N-dealkylation sites (tertiary alicyclic amines) is 1. The molecule has 1 aromatic heterocycles. The first-order valence-corrected chi connectivity index (χ1v) is 11.8. The first-order chi connectivity index (χ1) is 16.1. The fourth-order valence-corrected chi connectivity index (χ4v) is 5.03. The smallest absolute Gasteiger partial charge is 0.391 e. The van der Waals surface area contributed by atoms with Crippen LogP contribution in [-0.2, 0) is 19.3 Å². The van der Waals surface area contributed by atoms with Gasteiger partial charge in [0.2, 0.25) is 0 Å². The number of thiazole rings is 1. The number of carbonyl (C=O) groups is 1. The summed E-state index contributed by atoms with van der Waals surface area (Å²) in [6.07, 6.45) is -5.03. The minimum atomic E-state index is -4.41. The zero-order valence-corrected chi connectivity index (χ0v) is 19.1. The van der Waals surface area contributed by atoms with Crippen LogP contribution in [0.2, 0.25) is 0 Å². The molecule has 3 heterocycles. The largest absolute Gasteiger partial charge is 0.416 e. The summed E-state index contributed by atoms with van der Waals surface area (Å²) in [7, 11) is 0. The summed E-state index contributed by atoms with van der Waals surface area (Å²) in [4.78, 5) is 23.1. The normalized spacial score (nSPS) is 19.5. The summed E-state index contributed by atoms with van der Waals surface area (Å²) in [6.45, 7) is 2.35. The Morgan fingerprint density at radius 1 is 1.00 bits per heavy atom. The maximum Gasteiger partial charge on any atom is 0.416 e. The molecule has 2 aromatic rings. The fraction of sp³-hybridized carbons (Fsp3) is 0.545. The zero-order chi connectivity index (χ0) is 24.5. The molecule has 0 unspecified atom stereocenters. The average Bonchev–Trinajstić information content (AvgIpc) is 3.21. The van der Waals surface area contributed by atoms with Gasteiger partial charge in [0.1, 0.15) is 5.01 Å². The number of urea groups is 1. The van der Waals surface area contributed by atoms with Crippen molar-refractivity contribution >= 4 is 17.4 Å². The van der Waals surface area contributed by atoms with Gasteiger partial charge >= 0.3 is 12.2 Å². The molecule has 2 amide bonds. The van der Waals surface area contributed by atoms with Crippen molar-refractivity contribution in [1.29, 1.82) is 0 Å². The third-order valence-electron chi connectivity index (χ3n) is 6.16. The number of piperazine rings is 1. The van der Waals surface area contributed by atoms with Gasteiger partial charge < -0.3 is 14.9 Å². The molecule has 0 bridgehead atoms. The van der Waals surface area contributed by atoms with E-state index in [2.05, 4.69) is 9.88 Å². The Kier molecular flexibility index (Phi) is 7.11. The van der Waals surface area contributed by atoms with Crippen molar-refractivity contribution in [3.05, 3.63) is 40.4 Å². The second-order valence-electron chi connectivity index (χ2n) is 8.51. The lowest BCUT2D eigenvalue weighted by molar-refractivity contribution is -0.137. The van der Waals surface area contributed by atoms with Crippen molar-refractivity contribution in [3.8, 4) is 10.6 Å². The minimum Gasteiger partial charge on any atom is -0.391 e. The van der Waals surface area contributed by atoms with Crippen molar-refractivity contribution in [3.63, 3.8) is 0 Å². The van der Waals surface area contributed by atoms with E-state index in [-0.39, 0.29) is 38.6 Å². The van der Waals surface area contributed by atoms with E-state index >= 15 is 0 Å². The van der Waals surface area contributed by atoms with Gasteiger partial charge in [-0.3, -0.25) is 4.90 Å². The lowest BCUT2D eigenvalue weighted by Crippen LogP contribution is -2.54. The molecule has 6 nitrogen and oxygen atoms in total. The molecule has 2 aliphatic heterocycles. The number of aliphatic hydroxyl groups is 1. The minimum absolute atomic E-state index is 0.0530. The average molecular weight is 505 g/mol. The van der Waals surface area contributed by atoms with Gasteiger partial charge in [-0.2, -0.15) is 13.2 Å². The van der Waals surface area contributed by atoms with Gasteiger partial charge in [-0.05, 0) is 12.1 Å². The third-order valence-corrected chi connectivity index (χ3v) is 7.29. The van der Waals surface area contributed by atoms with Crippen molar-refractivity contribution in [2.45, 2.75) is 38.1 Å². The van der Waals surface area contributed by atoms with Crippen LogP contribution in [0.25, 0.3) is 10.6 Å². The van der Waals surface area contributed by atoms with Gasteiger partial charge in [0, 0.05) is 64.2 Å². The zero-order valence-electron chi connectivity index (χ0n) is 18.3. The van der Waals surface area contributed by atoms with Crippen LogP contribution in [0.3, 0.4) is 0 Å². The van der Waals surface area contributed by atoms with E-state index in [1.54, 1.807) is 4.90 Å². The van der Waals surface area contributed by atoms with Crippen molar-refractivity contribution in [1.82, 2.24) is 19.7 Å². The van der Waals surface area contributed by atoms with Crippen LogP contribution >= 0.6 is 11.3 Å². The number of aromatic nitrogens is 1. The molecule has 4 rings (SSSR count). The third kappa shape index (κ3) is 5.66. The number of halogens is 5. The Balaban J connectivity index is 1.35. The molecule has 0 aliphatic carbocycles. The number of amides is 2. The molecule has 34 heavy (non-hydrogen) atoms. The van der Waals surface area contributed by atoms with Crippen LogP contribution in [0.1, 0.15) is 29.0 Å². The van der Waals surface area contributed by atoms with Gasteiger partial charge in [-0.15, -0.1) is 11.3 Å². The van der Waals surface area contributed by atoms with E-state index in [0.29, 0.717) is 53.9 Å². The van der Waals surface area contributed by atoms with Gasteiger partial charge in [-0.25, -0.2) is 18.6 Å². The molecular formula is C22H25F5N4O2S. The lowest BCUT2D eigenvalue weighted by atomic mass is 10.1. The van der Waals surface area contributed by atoms with E-state index in [9.17, 15) is 31.9 Å². The first-order valence-electron chi connectivity index (χ1n) is 11.0. The van der Waals surface area contributed by atoms with E-state index in [1.807, 2.05) is 0 Å². The lowest BCUT2D eigenvalue weighted by Gasteiger charge is -2.39. The summed E-state index contributed by atoms with van der Waals surface area (Å²) in [6, 6.07) is 4.54. The van der Waals surface area contributed by atoms with E-state index in [1.165, 1.54) is 28.4 Å². The summed E-state index contributed by atoms with van der Waals surface area (Å²) in [5.74, 6) is -2.70. The van der Waals surface area contributed by atoms with Gasteiger partial charge in [-0.1, -0.05) is 12.1 Å². The maximum atomic E-state index is 13.4. The highest BCUT2D eigenvalue weighted by molar-refractivity contribution is 7.15. The maximum absolute atomic E-state index is 13.4. The number of carbonyl (C=O) groups excluding carboxylic acids is 1. The van der Waals surface area contributed by atoms with Crippen LogP contribution in [0.4, 0.5) is 26.7 Å². The Labute approximate surface area is 197 Å². The Morgan fingerprint density at radius 2 is 1.59 bits per heavy atom. The summed E-state index contributed by atoms with van der Waals surface area (Å²) in [5, 5.41) is 10.3. The molecule has 1 N–H and O–H groups in total. The number of hydrogen-bond acceptors (Lipinski definition) is 5. The Bertz CT molecular complexity index is 994. The number of aliphatic hydroxyl groups excluding tert-OH is 1. The molecule has 2 fully saturated rings. The molecule has 0 atom stereocenters. The van der Waals surface area contributed by atoms with Crippen molar-refractivity contribution in [2.75, 3.05) is 39.3 Å². The Morgan fingerprint density at radius 3 is 2.15 bits per heavy atom. The fourth-order valence-electron chi connectivity index (χ4n) is 4.09. The van der Waals surface area contributed by atoms with Crippen LogP contribution in [0.15, 0.2) is 24.3 Å². The first kappa shape index (κ1) is 24.8. The molecule has 12 heteroatoms. The van der Waals surface area contributed by atoms with Crippen molar-refractivity contribution in [2.24, 2.45) is 0 Å². The molecule has 2 aliphatic rings. The van der Waals surface area contributed by atoms with Crippen LogP contribution < -0.4 is 0 Å². The number of benzene rings is 1. The molecule has 2 saturated heterocycles. The molecule has 0 radical (unpaired) electrons. The van der Waals surface area contributed by atoms with Crippen LogP contribution in [0.5, 0.6) is 0 Å². The van der Waals surface area contributed by atoms with Crippen molar-refractivity contribution < 1.29 is 31.9 Å². The summed E-state index contributed by atoms with van der Waals surface area (Å²) in [5.41, 5.74) is 0.461. The SMILES string of the molecule is O=C(N1CCN(Cc2nc(-c3ccc(C(F)(F)F)cc3)sc2CO)CC1)N1CCC(F)(F)CC1. The standard InChI is InChI=1S/C22H25F5N4O2S/c23-21(24)5-7-30(8-6-21)20(33)31-11-9-29(10-12-31)13-17-18(14-32)34-19(28-17)15-1-3-16(4-2-15)22(25,26)27/h1-4,32H,5-14H2. The number of piperidine rings is 1. The number of nitrogens with zero attached hydrogens (tertiary/aromatic N) is 4. The monoisotopic (exact) mass is 504 g/mol. The second kappa shape index (κ2) is 9.74. The predicted octanol–water partition coefficient (Wildman–Crippen LogP) is 4.29. The highest BCUT2D eigenvalue weighted by Crippen LogP contribution is 2.33. The van der Waals surface area contributed by atoms with Crippen LogP contribution in [-0.4, -0.2) is 76.0 Å². The second-order valence-corrected chi connectivity index (χ2v) is 9.59. The summed E-state index contributed by atoms with van der Waals surface area (Å²) >= 11 is 1.24. The molecule has 1 aromatic carbocycles. The number of alkyl halides is 5. The summed E-state index contributed by atoms with van der Waals surface area (Å²) < 4.78 is 65.1.